The summed E-state index contributed by atoms with van der Waals surface area (Å²) in [5, 5.41) is 54.1. The number of aliphatic hydroxyl groups is 5. The van der Waals surface area contributed by atoms with Crippen molar-refractivity contribution in [1.29, 1.82) is 0 Å². The molecule has 0 aliphatic carbocycles. The molecule has 1 fully saturated rings. The number of aryl methyl sites for hydroxylation is 3. The molecule has 0 bridgehead atoms. The van der Waals surface area contributed by atoms with Crippen molar-refractivity contribution >= 4 is 77.3 Å². The number of hydrogen-bond acceptors (Lipinski definition) is 19. The summed E-state index contributed by atoms with van der Waals surface area (Å²) >= 11 is 3.37. The van der Waals surface area contributed by atoms with Crippen LogP contribution in [0.4, 0.5) is 28.7 Å². The number of nitrogens with one attached hydrogen (secondary N) is 2. The summed E-state index contributed by atoms with van der Waals surface area (Å²) in [5.41, 5.74) is 6.54. The van der Waals surface area contributed by atoms with Crippen LogP contribution in [0.15, 0.2) is 63.1 Å². The van der Waals surface area contributed by atoms with Crippen molar-refractivity contribution in [2.45, 2.75) is 69.5 Å². The lowest BCUT2D eigenvalue weighted by Gasteiger charge is -2.39. The Morgan fingerprint density at radius 1 is 0.953 bits per heavy atom. The molecule has 344 valence electrons. The van der Waals surface area contributed by atoms with E-state index in [1.807, 2.05) is 24.3 Å². The highest BCUT2D eigenvalue weighted by atomic mass is 79.9. The first kappa shape index (κ1) is 47.2. The van der Waals surface area contributed by atoms with Crippen molar-refractivity contribution in [3.05, 3.63) is 91.1 Å². The molecular formula is C36H42BrN9O16P2. The Balaban J connectivity index is 0.998. The Hall–Kier alpha value is -4.76. The van der Waals surface area contributed by atoms with Crippen molar-refractivity contribution in [2.75, 3.05) is 35.3 Å². The Morgan fingerprint density at radius 3 is 2.33 bits per heavy atom. The van der Waals surface area contributed by atoms with Crippen molar-refractivity contribution in [3.63, 3.8) is 0 Å². The van der Waals surface area contributed by atoms with Crippen molar-refractivity contribution in [3.8, 4) is 0 Å². The molecule has 5 aromatic rings. The summed E-state index contributed by atoms with van der Waals surface area (Å²) in [6.45, 7) is 0.615. The van der Waals surface area contributed by atoms with Crippen LogP contribution in [0.5, 0.6) is 0 Å². The number of fused-ring (bicyclic) bond motifs is 3. The van der Waals surface area contributed by atoms with Crippen LogP contribution in [-0.4, -0.2) is 127 Å². The van der Waals surface area contributed by atoms with Gasteiger partial charge in [0.2, 0.25) is 5.91 Å². The van der Waals surface area contributed by atoms with Gasteiger partial charge in [0, 0.05) is 10.9 Å². The van der Waals surface area contributed by atoms with E-state index in [9.17, 15) is 58.8 Å². The fourth-order valence-corrected chi connectivity index (χ4v) is 9.44. The number of halogens is 1. The number of amides is 1. The number of aromatic amines is 2. The molecule has 1 saturated heterocycles. The predicted octanol–water partition coefficient (Wildman–Crippen LogP) is 0.566. The Bertz CT molecular complexity index is 2780. The van der Waals surface area contributed by atoms with Gasteiger partial charge < -0.3 is 50.7 Å². The van der Waals surface area contributed by atoms with Gasteiger partial charge in [-0.05, 0) is 61.2 Å². The highest BCUT2D eigenvalue weighted by Gasteiger charge is 2.47. The quantitative estimate of drug-likeness (QED) is 0.0604. The normalized spacial score (nSPS) is 21.8. The number of imidazole rings is 1. The minimum absolute atomic E-state index is 0.0209. The molecule has 2 aromatic carbocycles. The maximum atomic E-state index is 14.0. The molecule has 9 atom stereocenters. The van der Waals surface area contributed by atoms with E-state index in [2.05, 4.69) is 49.7 Å². The van der Waals surface area contributed by atoms with Gasteiger partial charge in [-0.15, -0.1) is 0 Å². The van der Waals surface area contributed by atoms with Gasteiger partial charge in [-0.25, -0.2) is 28.9 Å². The average molecular weight is 999 g/mol. The number of nitrogen functional groups attached to an aromatic ring is 1. The highest BCUT2D eigenvalue weighted by Crippen LogP contribution is 2.60. The average Bonchev–Trinajstić information content (AvgIpc) is 3.79. The summed E-state index contributed by atoms with van der Waals surface area (Å²) < 4.78 is 46.8. The van der Waals surface area contributed by atoms with E-state index in [1.54, 1.807) is 26.0 Å². The largest absolute Gasteiger partial charge is 0.481 e. The summed E-state index contributed by atoms with van der Waals surface area (Å²) in [6, 6.07) is 10.6. The minimum atomic E-state index is -5.61. The number of H-pyrrole nitrogens is 2. The lowest BCUT2D eigenvalue weighted by Crippen LogP contribution is -2.48. The van der Waals surface area contributed by atoms with Gasteiger partial charge in [-0.1, -0.05) is 28.1 Å². The third kappa shape index (κ3) is 9.90. The van der Waals surface area contributed by atoms with Crippen LogP contribution in [0.3, 0.4) is 0 Å². The van der Waals surface area contributed by atoms with Gasteiger partial charge in [0.1, 0.15) is 54.3 Å². The number of aromatic nitrogens is 6. The number of phosphoric ester groups is 2. The zero-order valence-corrected chi connectivity index (χ0v) is 36.9. The van der Waals surface area contributed by atoms with E-state index in [1.165, 1.54) is 15.8 Å². The van der Waals surface area contributed by atoms with Gasteiger partial charge in [-0.2, -0.15) is 4.31 Å². The van der Waals surface area contributed by atoms with Crippen LogP contribution in [-0.2, 0) is 38.4 Å². The monoisotopic (exact) mass is 997 g/mol. The van der Waals surface area contributed by atoms with Crippen LogP contribution in [0.1, 0.15) is 29.3 Å². The molecule has 25 nitrogen and oxygen atoms in total. The van der Waals surface area contributed by atoms with Crippen LogP contribution < -0.4 is 26.8 Å². The fourth-order valence-electron chi connectivity index (χ4n) is 7.07. The molecular weight excluding hydrogens is 956 g/mol. The number of nitrogens with zero attached hydrogens (tertiary/aromatic N) is 6. The number of rotatable bonds is 16. The minimum Gasteiger partial charge on any atom is -0.388 e. The fraction of sp³-hybridized carbons (Fsp3) is 0.389. The number of hydrogen-bond donors (Lipinski definition) is 10. The van der Waals surface area contributed by atoms with Crippen molar-refractivity contribution in [2.24, 2.45) is 0 Å². The zero-order valence-electron chi connectivity index (χ0n) is 33.5. The first-order chi connectivity index (χ1) is 30.1. The van der Waals surface area contributed by atoms with Crippen molar-refractivity contribution in [1.82, 2.24) is 29.5 Å². The van der Waals surface area contributed by atoms with Gasteiger partial charge in [0.15, 0.2) is 23.4 Å². The van der Waals surface area contributed by atoms with Gasteiger partial charge in [-0.3, -0.25) is 38.1 Å². The predicted molar refractivity (Wildman–Crippen MR) is 227 cm³/mol. The number of carbonyl (C=O) groups is 1. The Kier molecular flexibility index (Phi) is 13.7. The third-order valence-corrected chi connectivity index (χ3v) is 13.6. The lowest BCUT2D eigenvalue weighted by molar-refractivity contribution is -0.117. The first-order valence-corrected chi connectivity index (χ1v) is 22.9. The second-order valence-electron chi connectivity index (χ2n) is 14.9. The van der Waals surface area contributed by atoms with E-state index < -0.39 is 95.4 Å². The molecule has 0 spiro atoms. The molecule has 3 aromatic heterocycles. The number of carbonyl (C=O) groups excluding carboxylic acids is 1. The number of anilines is 5. The molecule has 0 radical (unpaired) electrons. The molecule has 2 unspecified atom stereocenters. The lowest BCUT2D eigenvalue weighted by atomic mass is 10.0. The molecule has 28 heteroatoms. The summed E-state index contributed by atoms with van der Waals surface area (Å²) in [7, 11) is -11.1. The summed E-state index contributed by atoms with van der Waals surface area (Å²) in [4.78, 5) is 79.4. The molecule has 11 N–H and O–H groups in total. The van der Waals surface area contributed by atoms with Crippen LogP contribution in [0, 0.1) is 13.8 Å². The second kappa shape index (κ2) is 18.6. The molecule has 2 aliphatic rings. The first-order valence-electron chi connectivity index (χ1n) is 19.1. The maximum absolute atomic E-state index is 14.0. The highest BCUT2D eigenvalue weighted by molar-refractivity contribution is 9.10. The van der Waals surface area contributed by atoms with Crippen LogP contribution in [0.25, 0.3) is 11.2 Å². The molecule has 1 amide bonds. The maximum Gasteiger partial charge on any atom is 0.481 e. The van der Waals surface area contributed by atoms with Gasteiger partial charge in [0.25, 0.3) is 5.56 Å². The number of ether oxygens (including phenoxy) is 1. The molecule has 5 heterocycles. The SMILES string of the molecule is Cc1cc2c(cc1C)N(C(=O)CCc1ccc(Br)cc1)c1c([nH]c(=O)[nH]c1=O)N2C[C@H](O)[C@H](O)[C@H](O)COP(=O)(O)OP(=O)(O)OC[C@H]1O[C@@H](n2cnc3c(N)ncnc32)[C@H](O)[C@@H]1O. The standard InChI is InChI=1S/C36H42BrN9O16P2/c1-16-9-20-21(10-17(16)2)46(25(49)8-5-18-3-6-19(37)7-4-18)27-33(42-36(54)43-34(27)53)44(20)11-22(47)28(50)23(48)12-59-63(55,56)62-64(57,58)60-13-24-29(51)30(52)35(61-24)45-15-41-26-31(38)39-14-40-32(26)45/h3-4,6-7,9-10,14-15,22-24,28-30,35,47-48,50-52H,5,8,11-13H2,1-2H3,(H,55,56)(H,57,58)(H2,38,39,40)(H2,42,43,53,54)/t22-,23+,24+,28-,29+,30+,35+/m0/s1. The Labute approximate surface area is 369 Å². The van der Waals surface area contributed by atoms with E-state index in [4.69, 9.17) is 15.0 Å². The van der Waals surface area contributed by atoms with E-state index in [0.29, 0.717) is 17.5 Å². The molecule has 0 saturated carbocycles. The molecule has 7 rings (SSSR count). The Morgan fingerprint density at radius 2 is 1.62 bits per heavy atom. The molecule has 64 heavy (non-hydrogen) atoms. The topological polar surface area (TPSA) is 372 Å². The van der Waals surface area contributed by atoms with Crippen LogP contribution in [0.2, 0.25) is 0 Å². The number of aliphatic hydroxyl groups excluding tert-OH is 5. The van der Waals surface area contributed by atoms with Crippen molar-refractivity contribution < 1.29 is 67.3 Å². The van der Waals surface area contributed by atoms with E-state index >= 15 is 0 Å². The number of phosphoric acid groups is 2. The smallest absolute Gasteiger partial charge is 0.388 e. The molecule has 2 aliphatic heterocycles. The van der Waals surface area contributed by atoms with E-state index in [-0.39, 0.29) is 46.3 Å². The third-order valence-electron chi connectivity index (χ3n) is 10.5. The van der Waals surface area contributed by atoms with Gasteiger partial charge >= 0.3 is 21.3 Å². The van der Waals surface area contributed by atoms with Gasteiger partial charge in [0.05, 0.1) is 37.5 Å². The summed E-state index contributed by atoms with van der Waals surface area (Å²) in [5.74, 6) is -0.723. The number of nitrogens with two attached hydrogens (primary N) is 1. The van der Waals surface area contributed by atoms with E-state index in [0.717, 1.165) is 21.3 Å². The summed E-state index contributed by atoms with van der Waals surface area (Å²) in [6.07, 6.45) is -10.0. The number of β-amino-alcohol motifs (C(OH)–C–C–N with tert-alkyl or cyclic N) is 1. The zero-order chi connectivity index (χ0) is 46.4. The second-order valence-corrected chi connectivity index (χ2v) is 18.8. The number of benzene rings is 2. The van der Waals surface area contributed by atoms with Crippen LogP contribution >= 0.6 is 31.6 Å².